The number of amides is 1. The van der Waals surface area contributed by atoms with Crippen LogP contribution in [-0.4, -0.2) is 60.5 Å². The molecule has 0 atom stereocenters. The molecule has 1 fully saturated rings. The maximum absolute atomic E-state index is 14.7. The summed E-state index contributed by atoms with van der Waals surface area (Å²) in [7, 11) is 2.12. The second-order valence-corrected chi connectivity index (χ2v) is 8.31. The van der Waals surface area contributed by atoms with E-state index in [0.717, 1.165) is 49.4 Å². The van der Waals surface area contributed by atoms with Gasteiger partial charge in [0.15, 0.2) is 5.82 Å². The molecule has 2 aliphatic heterocycles. The quantitative estimate of drug-likeness (QED) is 0.662. The molecular weight excluding hydrogens is 407 g/mol. The lowest BCUT2D eigenvalue weighted by Crippen LogP contribution is -2.44. The van der Waals surface area contributed by atoms with Crippen molar-refractivity contribution >= 4 is 17.4 Å². The Morgan fingerprint density at radius 2 is 1.69 bits per heavy atom. The first-order valence-electron chi connectivity index (χ1n) is 10.8. The van der Waals surface area contributed by atoms with E-state index in [2.05, 4.69) is 32.1 Å². The van der Waals surface area contributed by atoms with Gasteiger partial charge in [-0.3, -0.25) is 4.79 Å². The lowest BCUT2D eigenvalue weighted by Gasteiger charge is -2.34. The van der Waals surface area contributed by atoms with Crippen LogP contribution in [-0.2, 0) is 6.42 Å². The first-order valence-corrected chi connectivity index (χ1v) is 10.8. The van der Waals surface area contributed by atoms with E-state index in [1.807, 2.05) is 30.3 Å². The van der Waals surface area contributed by atoms with Gasteiger partial charge in [-0.2, -0.15) is 9.37 Å². The SMILES string of the molecule is CN1CCN(c2ccc(-c3nc(-c4ccc5c(c4)CCNC5=O)c(N)nc3F)cc2)CC1. The summed E-state index contributed by atoms with van der Waals surface area (Å²) in [6, 6.07) is 13.2. The fourth-order valence-corrected chi connectivity index (χ4v) is 4.29. The predicted molar refractivity (Wildman–Crippen MR) is 123 cm³/mol. The zero-order chi connectivity index (χ0) is 22.2. The van der Waals surface area contributed by atoms with Crippen molar-refractivity contribution < 1.29 is 9.18 Å². The highest BCUT2D eigenvalue weighted by molar-refractivity contribution is 5.97. The molecule has 164 valence electrons. The minimum absolute atomic E-state index is 0.0283. The fourth-order valence-electron chi connectivity index (χ4n) is 4.29. The van der Waals surface area contributed by atoms with Gasteiger partial charge >= 0.3 is 0 Å². The molecule has 2 aromatic carbocycles. The van der Waals surface area contributed by atoms with Crippen molar-refractivity contribution in [1.29, 1.82) is 0 Å². The number of nitrogens with two attached hydrogens (primary N) is 1. The highest BCUT2D eigenvalue weighted by atomic mass is 19.1. The molecule has 5 rings (SSSR count). The third kappa shape index (κ3) is 3.78. The van der Waals surface area contributed by atoms with E-state index in [1.54, 1.807) is 12.1 Å². The summed E-state index contributed by atoms with van der Waals surface area (Å²) < 4.78 is 14.7. The maximum atomic E-state index is 14.7. The van der Waals surface area contributed by atoms with E-state index in [0.29, 0.717) is 23.4 Å². The van der Waals surface area contributed by atoms with Gasteiger partial charge in [0.05, 0.1) is 0 Å². The van der Waals surface area contributed by atoms with Gasteiger partial charge in [-0.25, -0.2) is 4.98 Å². The molecule has 7 nitrogen and oxygen atoms in total. The summed E-state index contributed by atoms with van der Waals surface area (Å²) in [6.07, 6.45) is 0.726. The van der Waals surface area contributed by atoms with Gasteiger partial charge in [-0.15, -0.1) is 0 Å². The zero-order valence-corrected chi connectivity index (χ0v) is 17.9. The second kappa shape index (κ2) is 8.20. The number of likely N-dealkylation sites (N-methyl/N-ethyl adjacent to an activating group) is 1. The lowest BCUT2D eigenvalue weighted by molar-refractivity contribution is 0.0946. The van der Waals surface area contributed by atoms with Crippen molar-refractivity contribution in [2.75, 3.05) is 50.4 Å². The first kappa shape index (κ1) is 20.4. The largest absolute Gasteiger partial charge is 0.382 e. The highest BCUT2D eigenvalue weighted by Crippen LogP contribution is 2.31. The first-order chi connectivity index (χ1) is 15.5. The average molecular weight is 433 g/mol. The molecule has 0 spiro atoms. The molecular formula is C24H25FN6O. The van der Waals surface area contributed by atoms with Crippen LogP contribution in [0.5, 0.6) is 0 Å². The summed E-state index contributed by atoms with van der Waals surface area (Å²) in [6.45, 7) is 4.56. The molecule has 3 heterocycles. The minimum atomic E-state index is -0.698. The van der Waals surface area contributed by atoms with Gasteiger partial charge in [-0.1, -0.05) is 18.2 Å². The van der Waals surface area contributed by atoms with Crippen molar-refractivity contribution in [2.45, 2.75) is 6.42 Å². The van der Waals surface area contributed by atoms with Crippen molar-refractivity contribution in [3.8, 4) is 22.5 Å². The standard InChI is InChI=1S/C24H25FN6O/c1-30-10-12-31(13-11-30)18-5-2-15(3-6-18)20-22(25)29-23(26)21(28-20)17-4-7-19-16(14-17)8-9-27-24(19)32/h2-7,14H,8-13H2,1H3,(H2,26,29)(H,27,32). The van der Waals surface area contributed by atoms with Gasteiger partial charge in [-0.05, 0) is 43.3 Å². The van der Waals surface area contributed by atoms with Gasteiger partial charge in [0.1, 0.15) is 11.4 Å². The number of nitrogens with zero attached hydrogens (tertiary/aromatic N) is 4. The number of anilines is 2. The van der Waals surface area contributed by atoms with E-state index in [4.69, 9.17) is 5.73 Å². The Morgan fingerprint density at radius 1 is 0.969 bits per heavy atom. The number of aromatic nitrogens is 2. The van der Waals surface area contributed by atoms with E-state index < -0.39 is 5.95 Å². The van der Waals surface area contributed by atoms with Crippen molar-refractivity contribution in [3.63, 3.8) is 0 Å². The lowest BCUT2D eigenvalue weighted by atomic mass is 9.96. The number of hydrogen-bond acceptors (Lipinski definition) is 6. The third-order valence-corrected chi connectivity index (χ3v) is 6.19. The van der Waals surface area contributed by atoms with E-state index in [-0.39, 0.29) is 17.4 Å². The summed E-state index contributed by atoms with van der Waals surface area (Å²) >= 11 is 0. The molecule has 0 bridgehead atoms. The Labute approximate surface area is 186 Å². The van der Waals surface area contributed by atoms with Crippen molar-refractivity contribution in [1.82, 2.24) is 20.2 Å². The minimum Gasteiger partial charge on any atom is -0.382 e. The van der Waals surface area contributed by atoms with Gasteiger partial charge in [0, 0.05) is 55.1 Å². The molecule has 0 unspecified atom stereocenters. The van der Waals surface area contributed by atoms with Crippen LogP contribution in [0.2, 0.25) is 0 Å². The predicted octanol–water partition coefficient (Wildman–Crippen LogP) is 2.57. The molecule has 1 saturated heterocycles. The second-order valence-electron chi connectivity index (χ2n) is 8.31. The molecule has 3 N–H and O–H groups in total. The third-order valence-electron chi connectivity index (χ3n) is 6.19. The zero-order valence-electron chi connectivity index (χ0n) is 17.9. The molecule has 1 aromatic heterocycles. The number of carbonyl (C=O) groups excluding carboxylic acids is 1. The van der Waals surface area contributed by atoms with Crippen LogP contribution in [0.25, 0.3) is 22.5 Å². The molecule has 0 radical (unpaired) electrons. The number of hydrogen-bond donors (Lipinski definition) is 2. The molecule has 0 saturated carbocycles. The van der Waals surface area contributed by atoms with Crippen LogP contribution in [0.4, 0.5) is 15.9 Å². The van der Waals surface area contributed by atoms with Crippen LogP contribution in [0.15, 0.2) is 42.5 Å². The monoisotopic (exact) mass is 432 g/mol. The van der Waals surface area contributed by atoms with Crippen LogP contribution in [0, 0.1) is 5.95 Å². The van der Waals surface area contributed by atoms with Crippen LogP contribution in [0.3, 0.4) is 0 Å². The number of piperazine rings is 1. The Hall–Kier alpha value is -3.52. The number of fused-ring (bicyclic) bond motifs is 1. The summed E-state index contributed by atoms with van der Waals surface area (Å²) in [5.41, 5.74) is 10.7. The molecule has 32 heavy (non-hydrogen) atoms. The Bertz CT molecular complexity index is 1170. The topological polar surface area (TPSA) is 87.4 Å². The Balaban J connectivity index is 1.47. The Kier molecular flexibility index (Phi) is 5.22. The maximum Gasteiger partial charge on any atom is 0.251 e. The Morgan fingerprint density at radius 3 is 2.44 bits per heavy atom. The summed E-state index contributed by atoms with van der Waals surface area (Å²) in [5, 5.41) is 2.83. The van der Waals surface area contributed by atoms with Crippen LogP contribution >= 0.6 is 0 Å². The van der Waals surface area contributed by atoms with Crippen LogP contribution < -0.4 is 16.0 Å². The van der Waals surface area contributed by atoms with E-state index in [9.17, 15) is 9.18 Å². The number of benzene rings is 2. The van der Waals surface area contributed by atoms with Gasteiger partial charge < -0.3 is 20.9 Å². The van der Waals surface area contributed by atoms with Gasteiger partial charge in [0.2, 0.25) is 5.95 Å². The molecule has 8 heteroatoms. The smallest absolute Gasteiger partial charge is 0.251 e. The van der Waals surface area contributed by atoms with E-state index in [1.165, 1.54) is 0 Å². The molecule has 2 aliphatic rings. The van der Waals surface area contributed by atoms with E-state index >= 15 is 0 Å². The number of carbonyl (C=O) groups is 1. The fraction of sp³-hybridized carbons (Fsp3) is 0.292. The number of nitrogen functional groups attached to an aromatic ring is 1. The summed E-state index contributed by atoms with van der Waals surface area (Å²) in [5.74, 6) is -0.756. The van der Waals surface area contributed by atoms with Crippen molar-refractivity contribution in [2.24, 2.45) is 0 Å². The number of nitrogens with one attached hydrogen (secondary N) is 1. The highest BCUT2D eigenvalue weighted by Gasteiger charge is 2.20. The molecule has 0 aliphatic carbocycles. The van der Waals surface area contributed by atoms with Gasteiger partial charge in [0.25, 0.3) is 5.91 Å². The molecule has 3 aromatic rings. The average Bonchev–Trinajstić information content (AvgIpc) is 2.80. The number of rotatable bonds is 3. The normalized spacial score (nSPS) is 16.6. The number of halogens is 1. The summed E-state index contributed by atoms with van der Waals surface area (Å²) in [4.78, 5) is 25.1. The molecule has 1 amide bonds. The van der Waals surface area contributed by atoms with Crippen molar-refractivity contribution in [3.05, 3.63) is 59.5 Å². The van der Waals surface area contributed by atoms with Crippen LogP contribution in [0.1, 0.15) is 15.9 Å².